The Morgan fingerprint density at radius 1 is 1.22 bits per heavy atom. The summed E-state index contributed by atoms with van der Waals surface area (Å²) in [5.41, 5.74) is 0.539. The molecular formula is C20H27ClN2O4. The van der Waals surface area contributed by atoms with E-state index in [4.69, 9.17) is 21.1 Å². The standard InChI is InChI=1S/C20H27ClN2O4/c1-26-13-15-9-19(24)23(12-15)11-14-5-7-22(8-6-14)20(25)17-4-3-16(21)10-18(17)27-2/h3-4,10,14-15H,5-9,11-13H2,1-2H3. The quantitative estimate of drug-likeness (QED) is 0.744. The first-order valence-electron chi connectivity index (χ1n) is 9.41. The lowest BCUT2D eigenvalue weighted by Gasteiger charge is -2.34. The van der Waals surface area contributed by atoms with E-state index >= 15 is 0 Å². The number of hydrogen-bond donors (Lipinski definition) is 0. The Labute approximate surface area is 165 Å². The Bertz CT molecular complexity index is 689. The highest BCUT2D eigenvalue weighted by Gasteiger charge is 2.32. The highest BCUT2D eigenvalue weighted by atomic mass is 35.5. The van der Waals surface area contributed by atoms with Crippen molar-refractivity contribution in [2.75, 3.05) is 47.0 Å². The van der Waals surface area contributed by atoms with Gasteiger partial charge in [-0.1, -0.05) is 11.6 Å². The molecule has 0 aromatic heterocycles. The van der Waals surface area contributed by atoms with Gasteiger partial charge in [-0.3, -0.25) is 9.59 Å². The van der Waals surface area contributed by atoms with Gasteiger partial charge in [-0.15, -0.1) is 0 Å². The number of rotatable bonds is 6. The van der Waals surface area contributed by atoms with Crippen LogP contribution in [0.2, 0.25) is 5.02 Å². The molecule has 0 aliphatic carbocycles. The van der Waals surface area contributed by atoms with Crippen LogP contribution < -0.4 is 4.74 Å². The highest BCUT2D eigenvalue weighted by molar-refractivity contribution is 6.30. The molecule has 2 aliphatic heterocycles. The summed E-state index contributed by atoms with van der Waals surface area (Å²) in [7, 11) is 3.22. The molecule has 1 unspecified atom stereocenters. The topological polar surface area (TPSA) is 59.1 Å². The van der Waals surface area contributed by atoms with E-state index in [0.29, 0.717) is 54.3 Å². The van der Waals surface area contributed by atoms with Gasteiger partial charge in [0.05, 0.1) is 19.3 Å². The lowest BCUT2D eigenvalue weighted by Crippen LogP contribution is -2.42. The van der Waals surface area contributed by atoms with Gasteiger partial charge in [-0.2, -0.15) is 0 Å². The van der Waals surface area contributed by atoms with Gasteiger partial charge in [0.2, 0.25) is 5.91 Å². The number of halogens is 1. The van der Waals surface area contributed by atoms with Gasteiger partial charge in [-0.05, 0) is 37.0 Å². The van der Waals surface area contributed by atoms with Crippen LogP contribution in [0, 0.1) is 11.8 Å². The molecule has 6 nitrogen and oxygen atoms in total. The van der Waals surface area contributed by atoms with E-state index < -0.39 is 0 Å². The molecule has 0 saturated carbocycles. The van der Waals surface area contributed by atoms with Gasteiger partial charge in [0.15, 0.2) is 0 Å². The van der Waals surface area contributed by atoms with E-state index in [0.717, 1.165) is 25.9 Å². The van der Waals surface area contributed by atoms with E-state index in [1.807, 2.05) is 9.80 Å². The first-order chi connectivity index (χ1) is 13.0. The van der Waals surface area contributed by atoms with E-state index in [1.54, 1.807) is 32.4 Å². The second-order valence-corrected chi connectivity index (χ2v) is 7.84. The minimum Gasteiger partial charge on any atom is -0.496 e. The minimum atomic E-state index is -0.0284. The van der Waals surface area contributed by atoms with Crippen molar-refractivity contribution in [3.63, 3.8) is 0 Å². The molecule has 3 rings (SSSR count). The average Bonchev–Trinajstić information content (AvgIpc) is 3.01. The van der Waals surface area contributed by atoms with Gasteiger partial charge in [0.1, 0.15) is 5.75 Å². The molecule has 7 heteroatoms. The number of piperidine rings is 1. The van der Waals surface area contributed by atoms with Crippen LogP contribution in [0.25, 0.3) is 0 Å². The zero-order valence-electron chi connectivity index (χ0n) is 15.9. The van der Waals surface area contributed by atoms with Crippen LogP contribution in [0.5, 0.6) is 5.75 Å². The molecule has 2 aliphatic rings. The third-order valence-electron chi connectivity index (χ3n) is 5.47. The summed E-state index contributed by atoms with van der Waals surface area (Å²) in [6.07, 6.45) is 2.39. The first kappa shape index (κ1) is 20.0. The van der Waals surface area contributed by atoms with Crippen molar-refractivity contribution in [3.05, 3.63) is 28.8 Å². The molecule has 27 heavy (non-hydrogen) atoms. The molecule has 0 bridgehead atoms. The first-order valence-corrected chi connectivity index (χ1v) is 9.79. The van der Waals surface area contributed by atoms with Crippen molar-refractivity contribution in [3.8, 4) is 5.75 Å². The summed E-state index contributed by atoms with van der Waals surface area (Å²) in [5.74, 6) is 1.44. The predicted octanol–water partition coefficient (Wildman–Crippen LogP) is 2.70. The summed E-state index contributed by atoms with van der Waals surface area (Å²) in [6.45, 7) is 3.59. The number of carbonyl (C=O) groups excluding carboxylic acids is 2. The number of methoxy groups -OCH3 is 2. The van der Waals surface area contributed by atoms with Crippen molar-refractivity contribution in [2.45, 2.75) is 19.3 Å². The van der Waals surface area contributed by atoms with Crippen LogP contribution in [-0.2, 0) is 9.53 Å². The zero-order chi connectivity index (χ0) is 19.4. The molecule has 0 N–H and O–H groups in total. The van der Waals surface area contributed by atoms with Crippen molar-refractivity contribution < 1.29 is 19.1 Å². The monoisotopic (exact) mass is 394 g/mol. The number of amides is 2. The van der Waals surface area contributed by atoms with Crippen molar-refractivity contribution in [2.24, 2.45) is 11.8 Å². The van der Waals surface area contributed by atoms with Crippen molar-refractivity contribution in [1.29, 1.82) is 0 Å². The molecule has 1 atom stereocenters. The van der Waals surface area contributed by atoms with Gasteiger partial charge in [0.25, 0.3) is 5.91 Å². The summed E-state index contributed by atoms with van der Waals surface area (Å²) in [6, 6.07) is 5.09. The Hall–Kier alpha value is -1.79. The molecule has 0 spiro atoms. The Morgan fingerprint density at radius 2 is 1.96 bits per heavy atom. The number of hydrogen-bond acceptors (Lipinski definition) is 4. The van der Waals surface area contributed by atoms with E-state index in [2.05, 4.69) is 0 Å². The van der Waals surface area contributed by atoms with Gasteiger partial charge in [-0.25, -0.2) is 0 Å². The van der Waals surface area contributed by atoms with Gasteiger partial charge in [0, 0.05) is 50.7 Å². The fraction of sp³-hybridized carbons (Fsp3) is 0.600. The molecule has 2 heterocycles. The van der Waals surface area contributed by atoms with Crippen LogP contribution in [0.3, 0.4) is 0 Å². The largest absolute Gasteiger partial charge is 0.496 e. The molecule has 2 saturated heterocycles. The fourth-order valence-corrected chi connectivity index (χ4v) is 4.18. The number of ether oxygens (including phenoxy) is 2. The summed E-state index contributed by atoms with van der Waals surface area (Å²) >= 11 is 5.98. The van der Waals surface area contributed by atoms with Gasteiger partial charge >= 0.3 is 0 Å². The molecule has 2 amide bonds. The number of likely N-dealkylation sites (tertiary alicyclic amines) is 2. The van der Waals surface area contributed by atoms with Crippen LogP contribution in [0.1, 0.15) is 29.6 Å². The Balaban J connectivity index is 1.53. The lowest BCUT2D eigenvalue weighted by atomic mass is 9.95. The van der Waals surface area contributed by atoms with Gasteiger partial charge < -0.3 is 19.3 Å². The number of carbonyl (C=O) groups is 2. The molecule has 0 radical (unpaired) electrons. The van der Waals surface area contributed by atoms with E-state index in [1.165, 1.54) is 0 Å². The van der Waals surface area contributed by atoms with Crippen molar-refractivity contribution >= 4 is 23.4 Å². The maximum atomic E-state index is 12.8. The minimum absolute atomic E-state index is 0.0284. The Kier molecular flexibility index (Phi) is 6.60. The second-order valence-electron chi connectivity index (χ2n) is 7.40. The van der Waals surface area contributed by atoms with E-state index in [-0.39, 0.29) is 11.8 Å². The summed E-state index contributed by atoms with van der Waals surface area (Å²) < 4.78 is 10.5. The third-order valence-corrected chi connectivity index (χ3v) is 5.71. The number of nitrogens with zero attached hydrogens (tertiary/aromatic N) is 2. The summed E-state index contributed by atoms with van der Waals surface area (Å²) in [5, 5.41) is 0.546. The maximum absolute atomic E-state index is 12.8. The van der Waals surface area contributed by atoms with E-state index in [9.17, 15) is 9.59 Å². The van der Waals surface area contributed by atoms with Crippen LogP contribution >= 0.6 is 11.6 Å². The summed E-state index contributed by atoms with van der Waals surface area (Å²) in [4.78, 5) is 28.8. The Morgan fingerprint density at radius 3 is 2.63 bits per heavy atom. The number of benzene rings is 1. The fourth-order valence-electron chi connectivity index (χ4n) is 4.02. The molecule has 1 aromatic carbocycles. The van der Waals surface area contributed by atoms with Crippen LogP contribution in [0.4, 0.5) is 0 Å². The predicted molar refractivity (Wildman–Crippen MR) is 103 cm³/mol. The molecule has 1 aromatic rings. The second kappa shape index (κ2) is 8.93. The molecule has 148 valence electrons. The highest BCUT2D eigenvalue weighted by Crippen LogP contribution is 2.28. The smallest absolute Gasteiger partial charge is 0.257 e. The molecule has 2 fully saturated rings. The third kappa shape index (κ3) is 4.74. The van der Waals surface area contributed by atoms with Crippen LogP contribution in [-0.4, -0.2) is 68.6 Å². The van der Waals surface area contributed by atoms with Crippen LogP contribution in [0.15, 0.2) is 18.2 Å². The molecular weight excluding hydrogens is 368 g/mol. The normalized spacial score (nSPS) is 21.0. The SMILES string of the molecule is COCC1CC(=O)N(CC2CCN(C(=O)c3ccc(Cl)cc3OC)CC2)C1. The average molecular weight is 395 g/mol. The van der Waals surface area contributed by atoms with Crippen molar-refractivity contribution in [1.82, 2.24) is 9.80 Å². The maximum Gasteiger partial charge on any atom is 0.257 e. The zero-order valence-corrected chi connectivity index (χ0v) is 16.7. The lowest BCUT2D eigenvalue weighted by molar-refractivity contribution is -0.128.